The lowest BCUT2D eigenvalue weighted by atomic mass is 9.98. The second-order valence-corrected chi connectivity index (χ2v) is 9.07. The van der Waals surface area contributed by atoms with Crippen LogP contribution in [0.5, 0.6) is 23.0 Å². The Morgan fingerprint density at radius 3 is 2.44 bits per heavy atom. The van der Waals surface area contributed by atoms with Gasteiger partial charge in [-0.1, -0.05) is 12.1 Å². The lowest BCUT2D eigenvalue weighted by Gasteiger charge is -2.28. The van der Waals surface area contributed by atoms with Gasteiger partial charge in [0.05, 0.1) is 19.2 Å². The van der Waals surface area contributed by atoms with Crippen LogP contribution in [0.2, 0.25) is 0 Å². The fraction of sp³-hybridized carbons (Fsp3) is 0.286. The molecular formula is C28H29FN4O3. The number of rotatable bonds is 7. The van der Waals surface area contributed by atoms with Crippen molar-refractivity contribution in [1.29, 1.82) is 0 Å². The van der Waals surface area contributed by atoms with Crippen molar-refractivity contribution in [3.63, 3.8) is 0 Å². The molecule has 8 heteroatoms. The van der Waals surface area contributed by atoms with Crippen molar-refractivity contribution in [1.82, 2.24) is 14.9 Å². The summed E-state index contributed by atoms with van der Waals surface area (Å²) in [4.78, 5) is 11.6. The first-order valence-electron chi connectivity index (χ1n) is 12.0. The molecular weight excluding hydrogens is 459 g/mol. The molecule has 0 amide bonds. The van der Waals surface area contributed by atoms with Crippen LogP contribution in [-0.4, -0.2) is 48.7 Å². The molecule has 4 aromatic rings. The first kappa shape index (κ1) is 23.8. The van der Waals surface area contributed by atoms with E-state index in [1.165, 1.54) is 6.07 Å². The predicted molar refractivity (Wildman–Crippen MR) is 138 cm³/mol. The Bertz CT molecular complexity index is 1360. The highest BCUT2D eigenvalue weighted by Crippen LogP contribution is 2.35. The minimum absolute atomic E-state index is 0.165. The van der Waals surface area contributed by atoms with Gasteiger partial charge in [-0.25, -0.2) is 14.4 Å². The van der Waals surface area contributed by atoms with Crippen molar-refractivity contribution in [2.24, 2.45) is 5.92 Å². The number of para-hydroxylation sites is 1. The maximum absolute atomic E-state index is 13.9. The Labute approximate surface area is 209 Å². The van der Waals surface area contributed by atoms with Gasteiger partial charge < -0.3 is 24.8 Å². The summed E-state index contributed by atoms with van der Waals surface area (Å²) in [6.45, 7) is 2.80. The predicted octanol–water partition coefficient (Wildman–Crippen LogP) is 5.54. The van der Waals surface area contributed by atoms with Crippen molar-refractivity contribution in [2.75, 3.05) is 39.6 Å². The number of halogens is 1. The van der Waals surface area contributed by atoms with Gasteiger partial charge in [0.15, 0.2) is 28.9 Å². The minimum atomic E-state index is -0.420. The van der Waals surface area contributed by atoms with Gasteiger partial charge in [0.1, 0.15) is 11.6 Å². The van der Waals surface area contributed by atoms with Crippen LogP contribution in [0.25, 0.3) is 22.3 Å². The summed E-state index contributed by atoms with van der Waals surface area (Å²) < 4.78 is 31.3. The van der Waals surface area contributed by atoms with E-state index >= 15 is 0 Å². The summed E-state index contributed by atoms with van der Waals surface area (Å²) in [7, 11) is 3.76. The van der Waals surface area contributed by atoms with Gasteiger partial charge in [-0.3, -0.25) is 0 Å². The Morgan fingerprint density at radius 1 is 0.972 bits per heavy atom. The fourth-order valence-electron chi connectivity index (χ4n) is 4.32. The van der Waals surface area contributed by atoms with Crippen LogP contribution < -0.4 is 19.9 Å². The summed E-state index contributed by atoms with van der Waals surface area (Å²) in [5.74, 6) is 2.83. The number of nitrogens with zero attached hydrogens (tertiary/aromatic N) is 3. The monoisotopic (exact) mass is 488 g/mol. The van der Waals surface area contributed by atoms with E-state index in [9.17, 15) is 4.39 Å². The van der Waals surface area contributed by atoms with Crippen molar-refractivity contribution in [2.45, 2.75) is 12.8 Å². The first-order valence-corrected chi connectivity index (χ1v) is 12.0. The summed E-state index contributed by atoms with van der Waals surface area (Å²) in [6.07, 6.45) is 2.23. The van der Waals surface area contributed by atoms with Gasteiger partial charge in [0.2, 0.25) is 0 Å². The van der Waals surface area contributed by atoms with Crippen LogP contribution in [0.15, 0.2) is 60.7 Å². The number of hydrogen-bond donors (Lipinski definition) is 1. The van der Waals surface area contributed by atoms with Crippen molar-refractivity contribution in [3.05, 3.63) is 66.5 Å². The zero-order valence-corrected chi connectivity index (χ0v) is 20.4. The summed E-state index contributed by atoms with van der Waals surface area (Å²) in [6, 6.07) is 17.1. The molecule has 1 saturated heterocycles. The van der Waals surface area contributed by atoms with Crippen LogP contribution in [-0.2, 0) is 0 Å². The van der Waals surface area contributed by atoms with Crippen LogP contribution in [0, 0.1) is 11.7 Å². The zero-order chi connectivity index (χ0) is 25.1. The Kier molecular flexibility index (Phi) is 6.86. The van der Waals surface area contributed by atoms with Crippen molar-refractivity contribution >= 4 is 16.7 Å². The molecule has 0 spiro atoms. The van der Waals surface area contributed by atoms with E-state index in [2.05, 4.69) is 16.9 Å². The number of nitrogen functional groups attached to an aromatic ring is 1. The van der Waals surface area contributed by atoms with Crippen LogP contribution >= 0.6 is 0 Å². The van der Waals surface area contributed by atoms with E-state index in [1.54, 1.807) is 37.4 Å². The highest BCUT2D eigenvalue weighted by molar-refractivity contribution is 5.92. The van der Waals surface area contributed by atoms with Crippen molar-refractivity contribution in [3.8, 4) is 34.4 Å². The normalized spacial score (nSPS) is 14.6. The molecule has 0 saturated carbocycles. The number of methoxy groups -OCH3 is 1. The van der Waals surface area contributed by atoms with Gasteiger partial charge in [0.25, 0.3) is 0 Å². The number of ether oxygens (including phenoxy) is 3. The molecule has 186 valence electrons. The summed E-state index contributed by atoms with van der Waals surface area (Å²) in [5, 5.41) is 0.696. The molecule has 0 bridgehead atoms. The maximum Gasteiger partial charge on any atom is 0.165 e. The highest BCUT2D eigenvalue weighted by atomic mass is 19.1. The fourth-order valence-corrected chi connectivity index (χ4v) is 4.32. The Morgan fingerprint density at radius 2 is 1.72 bits per heavy atom. The summed E-state index contributed by atoms with van der Waals surface area (Å²) in [5.41, 5.74) is 7.73. The van der Waals surface area contributed by atoms with Crippen molar-refractivity contribution < 1.29 is 18.6 Å². The molecule has 0 atom stereocenters. The third-order valence-corrected chi connectivity index (χ3v) is 6.50. The van der Waals surface area contributed by atoms with Gasteiger partial charge in [-0.05, 0) is 81.4 Å². The van der Waals surface area contributed by atoms with E-state index in [1.807, 2.05) is 24.3 Å². The number of piperidine rings is 1. The quantitative estimate of drug-likeness (QED) is 0.366. The summed E-state index contributed by atoms with van der Waals surface area (Å²) >= 11 is 0. The second-order valence-electron chi connectivity index (χ2n) is 9.07. The van der Waals surface area contributed by atoms with Crippen LogP contribution in [0.3, 0.4) is 0 Å². The SMILES string of the molecule is COc1cc2c(N)nc(-c3ccc(Oc4ccccc4F)cc3)nc2cc1OCC1CCN(C)CC1. The third kappa shape index (κ3) is 5.18. The number of likely N-dealkylation sites (tertiary alicyclic amines) is 1. The molecule has 36 heavy (non-hydrogen) atoms. The molecule has 1 aliphatic rings. The molecule has 5 rings (SSSR count). The second kappa shape index (κ2) is 10.4. The molecule has 1 aliphatic heterocycles. The standard InChI is InChI=1S/C28H29FN4O3/c1-33-13-11-18(12-14-33)17-35-26-16-23-21(15-25(26)34-2)27(30)32-28(31-23)19-7-9-20(10-8-19)36-24-6-4-3-5-22(24)29/h3-10,15-16,18H,11-14,17H2,1-2H3,(H2,30,31,32). The Balaban J connectivity index is 1.38. The largest absolute Gasteiger partial charge is 0.493 e. The number of hydrogen-bond acceptors (Lipinski definition) is 7. The van der Waals surface area contributed by atoms with E-state index in [0.29, 0.717) is 52.3 Å². The van der Waals surface area contributed by atoms with Gasteiger partial charge in [-0.2, -0.15) is 0 Å². The van der Waals surface area contributed by atoms with E-state index in [-0.39, 0.29) is 5.75 Å². The zero-order valence-electron chi connectivity index (χ0n) is 20.4. The molecule has 0 radical (unpaired) electrons. The highest BCUT2D eigenvalue weighted by Gasteiger charge is 2.19. The van der Waals surface area contributed by atoms with Crippen LogP contribution in [0.1, 0.15) is 12.8 Å². The lowest BCUT2D eigenvalue weighted by Crippen LogP contribution is -2.32. The molecule has 1 fully saturated rings. The molecule has 0 unspecified atom stereocenters. The lowest BCUT2D eigenvalue weighted by molar-refractivity contribution is 0.157. The topological polar surface area (TPSA) is 82.7 Å². The average molecular weight is 489 g/mol. The molecule has 2 N–H and O–H groups in total. The molecule has 3 aromatic carbocycles. The number of benzene rings is 3. The number of fused-ring (bicyclic) bond motifs is 1. The van der Waals surface area contributed by atoms with Gasteiger partial charge in [-0.15, -0.1) is 0 Å². The molecule has 7 nitrogen and oxygen atoms in total. The van der Waals surface area contributed by atoms with Crippen LogP contribution in [0.4, 0.5) is 10.2 Å². The van der Waals surface area contributed by atoms with E-state index in [4.69, 9.17) is 24.9 Å². The van der Waals surface area contributed by atoms with E-state index in [0.717, 1.165) is 31.5 Å². The van der Waals surface area contributed by atoms with E-state index < -0.39 is 5.82 Å². The molecule has 0 aliphatic carbocycles. The number of aromatic nitrogens is 2. The minimum Gasteiger partial charge on any atom is -0.493 e. The number of nitrogens with two attached hydrogens (primary N) is 1. The average Bonchev–Trinajstić information content (AvgIpc) is 2.89. The van der Waals surface area contributed by atoms with Gasteiger partial charge in [0, 0.05) is 17.0 Å². The maximum atomic E-state index is 13.9. The first-order chi connectivity index (χ1) is 17.5. The molecule has 2 heterocycles. The number of anilines is 1. The Hall–Kier alpha value is -3.91. The van der Waals surface area contributed by atoms with Gasteiger partial charge >= 0.3 is 0 Å². The smallest absolute Gasteiger partial charge is 0.165 e. The third-order valence-electron chi connectivity index (χ3n) is 6.50. The molecule has 1 aromatic heterocycles.